The van der Waals surface area contributed by atoms with Crippen LogP contribution < -0.4 is 0 Å². The van der Waals surface area contributed by atoms with Gasteiger partial charge in [-0.05, 0) is 6.92 Å². The van der Waals surface area contributed by atoms with Crippen LogP contribution in [0.15, 0.2) is 0 Å². The van der Waals surface area contributed by atoms with Crippen molar-refractivity contribution in [1.29, 1.82) is 0 Å². The lowest BCUT2D eigenvalue weighted by Crippen LogP contribution is -2.37. The van der Waals surface area contributed by atoms with E-state index in [0.717, 1.165) is 4.90 Å². The van der Waals surface area contributed by atoms with Crippen LogP contribution in [0.2, 0.25) is 0 Å². The SMILES string of the molecule is CC(=O)CN(CC(=O)O)CS(=O)(=O)O. The van der Waals surface area contributed by atoms with Gasteiger partial charge in [0.1, 0.15) is 11.7 Å². The van der Waals surface area contributed by atoms with Gasteiger partial charge in [-0.25, -0.2) is 0 Å². The van der Waals surface area contributed by atoms with E-state index in [1.54, 1.807) is 0 Å². The Morgan fingerprint density at radius 3 is 2.07 bits per heavy atom. The monoisotopic (exact) mass is 225 g/mol. The van der Waals surface area contributed by atoms with Crippen molar-refractivity contribution < 1.29 is 27.7 Å². The number of Topliss-reactive ketones (excluding diaryl/α,β-unsaturated/α-hetero) is 1. The van der Waals surface area contributed by atoms with Crippen molar-refractivity contribution in [2.45, 2.75) is 6.92 Å². The van der Waals surface area contributed by atoms with Crippen molar-refractivity contribution in [3.05, 3.63) is 0 Å². The maximum Gasteiger partial charge on any atom is 0.317 e. The summed E-state index contributed by atoms with van der Waals surface area (Å²) in [4.78, 5) is 21.7. The van der Waals surface area contributed by atoms with Gasteiger partial charge >= 0.3 is 5.97 Å². The summed E-state index contributed by atoms with van der Waals surface area (Å²) in [6.07, 6.45) is 0. The number of carboxylic acids is 1. The van der Waals surface area contributed by atoms with Gasteiger partial charge in [-0.2, -0.15) is 8.42 Å². The fraction of sp³-hybridized carbons (Fsp3) is 0.667. The van der Waals surface area contributed by atoms with Crippen LogP contribution in [0.4, 0.5) is 0 Å². The third kappa shape index (κ3) is 7.65. The molecule has 14 heavy (non-hydrogen) atoms. The molecule has 0 heterocycles. The predicted molar refractivity (Wildman–Crippen MR) is 46.3 cm³/mol. The summed E-state index contributed by atoms with van der Waals surface area (Å²) < 4.78 is 29.3. The van der Waals surface area contributed by atoms with Crippen LogP contribution in [0.3, 0.4) is 0 Å². The standard InChI is InChI=1S/C6H11NO6S/c1-5(8)2-7(3-6(9)10)4-14(11,12)13/h2-4H2,1H3,(H,9,10)(H,11,12,13). The Labute approximate surface area is 81.1 Å². The molecule has 82 valence electrons. The molecule has 0 radical (unpaired) electrons. The molecule has 0 spiro atoms. The lowest BCUT2D eigenvalue weighted by molar-refractivity contribution is -0.138. The largest absolute Gasteiger partial charge is 0.480 e. The van der Waals surface area contributed by atoms with Gasteiger partial charge in [0, 0.05) is 0 Å². The Bertz CT molecular complexity index is 305. The second kappa shape index (κ2) is 5.03. The van der Waals surface area contributed by atoms with E-state index in [1.165, 1.54) is 6.92 Å². The molecule has 0 aliphatic heterocycles. The number of hydrogen-bond donors (Lipinski definition) is 2. The highest BCUT2D eigenvalue weighted by atomic mass is 32.2. The van der Waals surface area contributed by atoms with Gasteiger partial charge in [0.25, 0.3) is 10.1 Å². The van der Waals surface area contributed by atoms with Crippen LogP contribution in [0.25, 0.3) is 0 Å². The van der Waals surface area contributed by atoms with E-state index in [0.29, 0.717) is 0 Å². The fourth-order valence-corrected chi connectivity index (χ4v) is 1.53. The van der Waals surface area contributed by atoms with Crippen LogP contribution in [-0.4, -0.2) is 53.7 Å². The highest BCUT2D eigenvalue weighted by Gasteiger charge is 2.17. The molecule has 0 amide bonds. The molecule has 8 heteroatoms. The first kappa shape index (κ1) is 13.0. The molecule has 0 bridgehead atoms. The number of aliphatic carboxylic acids is 1. The maximum atomic E-state index is 10.6. The number of carboxylic acid groups (broad SMARTS) is 1. The minimum atomic E-state index is -4.30. The van der Waals surface area contributed by atoms with E-state index >= 15 is 0 Å². The van der Waals surface area contributed by atoms with Gasteiger partial charge < -0.3 is 5.11 Å². The number of nitrogens with zero attached hydrogens (tertiary/aromatic N) is 1. The van der Waals surface area contributed by atoms with E-state index in [4.69, 9.17) is 9.66 Å². The quantitative estimate of drug-likeness (QED) is 0.546. The van der Waals surface area contributed by atoms with Crippen molar-refractivity contribution in [3.63, 3.8) is 0 Å². The van der Waals surface area contributed by atoms with Gasteiger partial charge in [0.15, 0.2) is 0 Å². The van der Waals surface area contributed by atoms with Crippen LogP contribution >= 0.6 is 0 Å². The van der Waals surface area contributed by atoms with E-state index in [-0.39, 0.29) is 12.3 Å². The smallest absolute Gasteiger partial charge is 0.317 e. The molecule has 0 fully saturated rings. The third-order valence-electron chi connectivity index (χ3n) is 1.15. The first-order valence-electron chi connectivity index (χ1n) is 3.59. The summed E-state index contributed by atoms with van der Waals surface area (Å²) in [6.45, 7) is 0.254. The molecule has 0 rings (SSSR count). The predicted octanol–water partition coefficient (Wildman–Crippen LogP) is -1.19. The van der Waals surface area contributed by atoms with Crippen molar-refractivity contribution >= 4 is 21.9 Å². The molecular formula is C6H11NO6S. The summed E-state index contributed by atoms with van der Waals surface area (Å²) in [5, 5.41) is 8.36. The molecule has 0 saturated carbocycles. The fourth-order valence-electron chi connectivity index (χ4n) is 0.884. The molecule has 2 N–H and O–H groups in total. The normalized spacial score (nSPS) is 11.6. The molecule has 7 nitrogen and oxygen atoms in total. The average Bonchev–Trinajstić information content (AvgIpc) is 1.77. The zero-order valence-electron chi connectivity index (χ0n) is 7.50. The van der Waals surface area contributed by atoms with E-state index < -0.39 is 28.5 Å². The summed E-state index contributed by atoms with van der Waals surface area (Å²) in [5.41, 5.74) is 0. The highest BCUT2D eigenvalue weighted by Crippen LogP contribution is 1.93. The molecule has 0 aromatic rings. The summed E-state index contributed by atoms with van der Waals surface area (Å²) in [7, 11) is -4.30. The van der Waals surface area contributed by atoms with Crippen molar-refractivity contribution in [1.82, 2.24) is 4.90 Å². The zero-order chi connectivity index (χ0) is 11.4. The maximum absolute atomic E-state index is 10.6. The summed E-state index contributed by atoms with van der Waals surface area (Å²) in [5.74, 6) is -2.51. The minimum absolute atomic E-state index is 0.327. The molecular weight excluding hydrogens is 214 g/mol. The minimum Gasteiger partial charge on any atom is -0.480 e. The van der Waals surface area contributed by atoms with E-state index in [2.05, 4.69) is 0 Å². The van der Waals surface area contributed by atoms with Gasteiger partial charge in [-0.3, -0.25) is 19.0 Å². The van der Waals surface area contributed by atoms with Gasteiger partial charge in [-0.1, -0.05) is 0 Å². The molecule has 0 aliphatic rings. The Hall–Kier alpha value is -0.990. The first-order chi connectivity index (χ1) is 6.20. The molecule has 0 aromatic heterocycles. The van der Waals surface area contributed by atoms with E-state index in [1.807, 2.05) is 0 Å². The van der Waals surface area contributed by atoms with Gasteiger partial charge in [-0.15, -0.1) is 0 Å². The van der Waals surface area contributed by atoms with Crippen molar-refractivity contribution in [2.75, 3.05) is 19.0 Å². The number of hydrogen-bond acceptors (Lipinski definition) is 5. The number of ketones is 1. The summed E-state index contributed by atoms with van der Waals surface area (Å²) >= 11 is 0. The molecule has 0 unspecified atom stereocenters. The highest BCUT2D eigenvalue weighted by molar-refractivity contribution is 7.85. The van der Waals surface area contributed by atoms with Crippen LogP contribution in [0, 0.1) is 0 Å². The lowest BCUT2D eigenvalue weighted by Gasteiger charge is -2.15. The average molecular weight is 225 g/mol. The Morgan fingerprint density at radius 1 is 1.29 bits per heavy atom. The molecule has 0 aliphatic carbocycles. The van der Waals surface area contributed by atoms with Crippen LogP contribution in [0.5, 0.6) is 0 Å². The Morgan fingerprint density at radius 2 is 1.79 bits per heavy atom. The lowest BCUT2D eigenvalue weighted by atomic mass is 10.4. The van der Waals surface area contributed by atoms with E-state index in [9.17, 15) is 18.0 Å². The van der Waals surface area contributed by atoms with Crippen LogP contribution in [0.1, 0.15) is 6.92 Å². The van der Waals surface area contributed by atoms with Gasteiger partial charge in [0.2, 0.25) is 0 Å². The number of carbonyl (C=O) groups is 2. The topological polar surface area (TPSA) is 112 Å². The second-order valence-corrected chi connectivity index (χ2v) is 4.22. The first-order valence-corrected chi connectivity index (χ1v) is 5.20. The Kier molecular flexibility index (Phi) is 4.68. The van der Waals surface area contributed by atoms with Crippen molar-refractivity contribution in [3.8, 4) is 0 Å². The molecule has 0 aromatic carbocycles. The zero-order valence-corrected chi connectivity index (χ0v) is 8.32. The van der Waals surface area contributed by atoms with Crippen molar-refractivity contribution in [2.24, 2.45) is 0 Å². The summed E-state index contributed by atoms with van der Waals surface area (Å²) in [6, 6.07) is 0. The second-order valence-electron chi connectivity index (χ2n) is 2.79. The number of rotatable bonds is 6. The van der Waals surface area contributed by atoms with Gasteiger partial charge in [0.05, 0.1) is 13.1 Å². The van der Waals surface area contributed by atoms with Crippen LogP contribution in [-0.2, 0) is 19.7 Å². The third-order valence-corrected chi connectivity index (χ3v) is 1.84. The Balaban J connectivity index is 4.40. The molecule has 0 saturated heterocycles. The molecule has 0 atom stereocenters. The number of carbonyl (C=O) groups excluding carboxylic acids is 1.